The van der Waals surface area contributed by atoms with Gasteiger partial charge in [-0.2, -0.15) is 0 Å². The Labute approximate surface area is 217 Å². The van der Waals surface area contributed by atoms with Crippen molar-refractivity contribution in [2.24, 2.45) is 5.92 Å². The van der Waals surface area contributed by atoms with Crippen LogP contribution in [0.4, 0.5) is 18.0 Å². The number of thiophene rings is 1. The molecule has 1 atom stereocenters. The molecule has 0 radical (unpaired) electrons. The summed E-state index contributed by atoms with van der Waals surface area (Å²) in [6, 6.07) is 6.16. The van der Waals surface area contributed by atoms with Crippen molar-refractivity contribution in [3.05, 3.63) is 58.7 Å². The van der Waals surface area contributed by atoms with E-state index in [1.165, 1.54) is 6.07 Å². The molecule has 1 N–H and O–H groups in total. The van der Waals surface area contributed by atoms with E-state index in [0.717, 1.165) is 34.9 Å². The molecule has 3 heterocycles. The fraction of sp³-hybridized carbons (Fsp3) is 0.440. The molecule has 0 saturated carbocycles. The number of rotatable bonds is 10. The van der Waals surface area contributed by atoms with Gasteiger partial charge in [0, 0.05) is 41.2 Å². The van der Waals surface area contributed by atoms with Crippen LogP contribution in [0.3, 0.4) is 0 Å². The first kappa shape index (κ1) is 27.2. The maximum absolute atomic E-state index is 15.4. The Morgan fingerprint density at radius 3 is 2.78 bits per heavy atom. The molecule has 200 valence electrons. The predicted octanol–water partition coefficient (Wildman–Crippen LogP) is 5.95. The van der Waals surface area contributed by atoms with Crippen LogP contribution in [-0.4, -0.2) is 37.1 Å². The quantitative estimate of drug-likeness (QED) is 0.313. The lowest BCUT2D eigenvalue weighted by Crippen LogP contribution is -2.31. The number of halogens is 3. The second kappa shape index (κ2) is 11.3. The highest BCUT2D eigenvalue weighted by Gasteiger charge is 2.29. The Hall–Kier alpha value is -2.86. The van der Waals surface area contributed by atoms with E-state index in [-0.39, 0.29) is 34.8 Å². The summed E-state index contributed by atoms with van der Waals surface area (Å²) in [7, 11) is -4.37. The molecule has 4 rings (SSSR count). The van der Waals surface area contributed by atoms with Crippen molar-refractivity contribution < 1.29 is 31.1 Å². The van der Waals surface area contributed by atoms with Crippen molar-refractivity contribution in [2.45, 2.75) is 62.6 Å². The summed E-state index contributed by atoms with van der Waals surface area (Å²) >= 11 is 0.999. The SMILES string of the molecule is CC(C)Cc1cc(-c2ccc([C@@H]3CCc4nccn43)c(F)c2)c(S(=O)(=O)NC(=O)OCCCC(F)F)s1. The monoisotopic (exact) mass is 555 g/mol. The highest BCUT2D eigenvalue weighted by Crippen LogP contribution is 2.39. The number of hydrogen-bond acceptors (Lipinski definition) is 6. The number of amides is 1. The number of carbonyl (C=O) groups excluding carboxylic acids is 1. The average Bonchev–Trinajstić information content (AvgIpc) is 3.52. The number of alkyl halides is 2. The molecule has 0 aliphatic carbocycles. The number of nitrogens with zero attached hydrogens (tertiary/aromatic N) is 2. The lowest BCUT2D eigenvalue weighted by atomic mass is 9.99. The van der Waals surface area contributed by atoms with Crippen LogP contribution >= 0.6 is 11.3 Å². The summed E-state index contributed by atoms with van der Waals surface area (Å²) in [6.07, 6.45) is 1.22. The van der Waals surface area contributed by atoms with Crippen LogP contribution in [0.25, 0.3) is 11.1 Å². The van der Waals surface area contributed by atoms with E-state index in [9.17, 15) is 22.0 Å². The fourth-order valence-electron chi connectivity index (χ4n) is 4.41. The average molecular weight is 556 g/mol. The molecule has 1 aromatic carbocycles. The Bertz CT molecular complexity index is 1370. The van der Waals surface area contributed by atoms with E-state index in [0.29, 0.717) is 17.5 Å². The van der Waals surface area contributed by atoms with Crippen LogP contribution < -0.4 is 4.72 Å². The number of nitrogens with one attached hydrogen (secondary N) is 1. The minimum atomic E-state index is -4.37. The number of aromatic nitrogens is 2. The van der Waals surface area contributed by atoms with Gasteiger partial charge in [-0.3, -0.25) is 0 Å². The van der Waals surface area contributed by atoms with Gasteiger partial charge in [0.25, 0.3) is 10.0 Å². The molecule has 1 aliphatic heterocycles. The molecule has 7 nitrogen and oxygen atoms in total. The van der Waals surface area contributed by atoms with Gasteiger partial charge < -0.3 is 9.30 Å². The highest BCUT2D eigenvalue weighted by atomic mass is 32.2. The van der Waals surface area contributed by atoms with E-state index >= 15 is 4.39 Å². The van der Waals surface area contributed by atoms with Gasteiger partial charge in [0.2, 0.25) is 6.43 Å². The topological polar surface area (TPSA) is 90.3 Å². The van der Waals surface area contributed by atoms with Gasteiger partial charge in [0.1, 0.15) is 15.9 Å². The van der Waals surface area contributed by atoms with Gasteiger partial charge in [-0.25, -0.2) is 36.1 Å². The number of imidazole rings is 1. The van der Waals surface area contributed by atoms with Gasteiger partial charge >= 0.3 is 6.09 Å². The highest BCUT2D eigenvalue weighted by molar-refractivity contribution is 7.92. The van der Waals surface area contributed by atoms with E-state index < -0.39 is 34.8 Å². The molecule has 1 amide bonds. The third kappa shape index (κ3) is 6.35. The first-order valence-electron chi connectivity index (χ1n) is 12.0. The minimum absolute atomic E-state index is 0.0961. The van der Waals surface area contributed by atoms with Crippen LogP contribution in [0.5, 0.6) is 0 Å². The predicted molar refractivity (Wildman–Crippen MR) is 134 cm³/mol. The van der Waals surface area contributed by atoms with Crippen LogP contribution in [-0.2, 0) is 27.6 Å². The zero-order chi connectivity index (χ0) is 26.7. The number of fused-ring (bicyclic) bond motifs is 1. The third-order valence-electron chi connectivity index (χ3n) is 6.02. The summed E-state index contributed by atoms with van der Waals surface area (Å²) in [6.45, 7) is 3.64. The van der Waals surface area contributed by atoms with E-state index in [1.54, 1.807) is 24.4 Å². The number of ether oxygens (including phenoxy) is 1. The molecular formula is C25H28F3N3O4S2. The molecule has 0 fully saturated rings. The van der Waals surface area contributed by atoms with Crippen molar-refractivity contribution in [1.29, 1.82) is 0 Å². The summed E-state index contributed by atoms with van der Waals surface area (Å²) in [5.74, 6) is 0.668. The molecule has 0 bridgehead atoms. The van der Waals surface area contributed by atoms with Gasteiger partial charge in [-0.15, -0.1) is 11.3 Å². The van der Waals surface area contributed by atoms with Crippen LogP contribution in [0.15, 0.2) is 40.9 Å². The van der Waals surface area contributed by atoms with E-state index in [1.807, 2.05) is 29.3 Å². The van der Waals surface area contributed by atoms with E-state index in [4.69, 9.17) is 4.74 Å². The lowest BCUT2D eigenvalue weighted by Gasteiger charge is -2.15. The maximum Gasteiger partial charge on any atom is 0.421 e. The fourth-order valence-corrected chi connectivity index (χ4v) is 7.25. The minimum Gasteiger partial charge on any atom is -0.449 e. The van der Waals surface area contributed by atoms with Crippen LogP contribution in [0.1, 0.15) is 55.4 Å². The molecule has 2 aromatic heterocycles. The van der Waals surface area contributed by atoms with Gasteiger partial charge in [0.05, 0.1) is 12.6 Å². The van der Waals surface area contributed by atoms with Crippen LogP contribution in [0, 0.1) is 11.7 Å². The van der Waals surface area contributed by atoms with Crippen molar-refractivity contribution in [1.82, 2.24) is 14.3 Å². The van der Waals surface area contributed by atoms with Gasteiger partial charge in [-0.1, -0.05) is 26.0 Å². The number of hydrogen-bond donors (Lipinski definition) is 1. The third-order valence-corrected chi connectivity index (χ3v) is 9.02. The second-order valence-corrected chi connectivity index (χ2v) is 12.3. The molecular weight excluding hydrogens is 527 g/mol. The normalized spacial score (nSPS) is 15.4. The van der Waals surface area contributed by atoms with Gasteiger partial charge in [-0.05, 0) is 42.9 Å². The number of aryl methyl sites for hydroxylation is 1. The van der Waals surface area contributed by atoms with Crippen molar-refractivity contribution >= 4 is 27.5 Å². The van der Waals surface area contributed by atoms with Crippen molar-refractivity contribution in [2.75, 3.05) is 6.61 Å². The Kier molecular flexibility index (Phi) is 8.27. The standard InChI is InChI=1S/C25H28F3N3O4S2/c1-15(2)12-17-14-19(24(36-17)37(33,34)30-25(32)35-11-3-4-22(27)28)16-5-6-18(20(26)13-16)21-7-8-23-29-9-10-31(21)23/h5-6,9-10,13-15,21-22H,3-4,7-8,11-12H2,1-2H3,(H,30,32)/t21-/m0/s1. The zero-order valence-corrected chi connectivity index (χ0v) is 22.0. The lowest BCUT2D eigenvalue weighted by molar-refractivity contribution is 0.112. The number of carbonyl (C=O) groups is 1. The maximum atomic E-state index is 15.4. The van der Waals surface area contributed by atoms with Crippen LogP contribution in [0.2, 0.25) is 0 Å². The summed E-state index contributed by atoms with van der Waals surface area (Å²) in [4.78, 5) is 17.1. The van der Waals surface area contributed by atoms with Crippen molar-refractivity contribution in [3.63, 3.8) is 0 Å². The smallest absolute Gasteiger partial charge is 0.421 e. The summed E-state index contributed by atoms with van der Waals surface area (Å²) in [5.41, 5.74) is 1.13. The van der Waals surface area contributed by atoms with E-state index in [2.05, 4.69) is 4.98 Å². The molecule has 12 heteroatoms. The Balaban J connectivity index is 1.60. The van der Waals surface area contributed by atoms with Gasteiger partial charge in [0.15, 0.2) is 0 Å². The first-order valence-corrected chi connectivity index (χ1v) is 14.3. The molecule has 37 heavy (non-hydrogen) atoms. The molecule has 3 aromatic rings. The summed E-state index contributed by atoms with van der Waals surface area (Å²) < 4.78 is 74.5. The zero-order valence-electron chi connectivity index (χ0n) is 20.4. The van der Waals surface area contributed by atoms with Crippen molar-refractivity contribution in [3.8, 4) is 11.1 Å². The molecule has 0 spiro atoms. The molecule has 1 aliphatic rings. The Morgan fingerprint density at radius 1 is 1.30 bits per heavy atom. The first-order chi connectivity index (χ1) is 17.5. The number of sulfonamides is 1. The second-order valence-electron chi connectivity index (χ2n) is 9.33. The molecule has 0 saturated heterocycles. The Morgan fingerprint density at radius 2 is 2.08 bits per heavy atom. The summed E-state index contributed by atoms with van der Waals surface area (Å²) in [5, 5.41) is 0. The largest absolute Gasteiger partial charge is 0.449 e. The number of benzene rings is 1. The molecule has 0 unspecified atom stereocenters.